The highest BCUT2D eigenvalue weighted by molar-refractivity contribution is 5.53. The Morgan fingerprint density at radius 1 is 1.19 bits per heavy atom. The summed E-state index contributed by atoms with van der Waals surface area (Å²) in [6, 6.07) is 10.6. The molecule has 2 aromatic carbocycles. The molecule has 5 nitrogen and oxygen atoms in total. The number of hydrogen-bond donors (Lipinski definition) is 1. The van der Waals surface area contributed by atoms with E-state index in [0.29, 0.717) is 11.5 Å². The van der Waals surface area contributed by atoms with Crippen molar-refractivity contribution in [2.75, 3.05) is 7.05 Å². The van der Waals surface area contributed by atoms with Crippen LogP contribution in [-0.4, -0.2) is 12.0 Å². The van der Waals surface area contributed by atoms with Crippen LogP contribution < -0.4 is 10.1 Å². The third-order valence-corrected chi connectivity index (χ3v) is 3.29. The van der Waals surface area contributed by atoms with E-state index in [1.165, 1.54) is 11.6 Å². The lowest BCUT2D eigenvalue weighted by molar-refractivity contribution is -0.385. The molecule has 0 aromatic heterocycles. The number of nitro benzene ring substituents is 1. The van der Waals surface area contributed by atoms with Crippen LogP contribution in [0.3, 0.4) is 0 Å². The Hall–Kier alpha value is -2.40. The first-order valence-electron chi connectivity index (χ1n) is 6.69. The van der Waals surface area contributed by atoms with E-state index < -0.39 is 4.92 Å². The fourth-order valence-electron chi connectivity index (χ4n) is 2.15. The standard InChI is InChI=1S/C16H18N2O3/c1-11-5-4-6-15(18(19)20)16(11)21-14-8-7-13(10-17-3)12(2)9-14/h4-9,17H,10H2,1-3H3. The molecule has 0 spiro atoms. The van der Waals surface area contributed by atoms with Gasteiger partial charge in [0.05, 0.1) is 4.92 Å². The summed E-state index contributed by atoms with van der Waals surface area (Å²) in [4.78, 5) is 10.7. The summed E-state index contributed by atoms with van der Waals surface area (Å²) >= 11 is 0. The summed E-state index contributed by atoms with van der Waals surface area (Å²) in [5, 5.41) is 14.2. The van der Waals surface area contributed by atoms with Gasteiger partial charge in [-0.1, -0.05) is 18.2 Å². The fourth-order valence-corrected chi connectivity index (χ4v) is 2.15. The molecule has 2 rings (SSSR count). The largest absolute Gasteiger partial charge is 0.450 e. The Morgan fingerprint density at radius 3 is 2.57 bits per heavy atom. The lowest BCUT2D eigenvalue weighted by atomic mass is 10.1. The maximum atomic E-state index is 11.1. The maximum absolute atomic E-state index is 11.1. The van der Waals surface area contributed by atoms with Crippen LogP contribution in [-0.2, 0) is 6.54 Å². The van der Waals surface area contributed by atoms with Crippen molar-refractivity contribution in [3.05, 3.63) is 63.2 Å². The van der Waals surface area contributed by atoms with Crippen molar-refractivity contribution in [2.45, 2.75) is 20.4 Å². The van der Waals surface area contributed by atoms with Crippen molar-refractivity contribution in [2.24, 2.45) is 0 Å². The Labute approximate surface area is 123 Å². The van der Waals surface area contributed by atoms with Gasteiger partial charge in [-0.25, -0.2) is 0 Å². The lowest BCUT2D eigenvalue weighted by Crippen LogP contribution is -2.06. The van der Waals surface area contributed by atoms with Gasteiger partial charge in [0.25, 0.3) is 0 Å². The average Bonchev–Trinajstić information content (AvgIpc) is 2.44. The van der Waals surface area contributed by atoms with Crippen molar-refractivity contribution in [1.82, 2.24) is 5.32 Å². The predicted octanol–water partition coefficient (Wildman–Crippen LogP) is 3.72. The number of nitro groups is 1. The molecular weight excluding hydrogens is 268 g/mol. The molecule has 0 amide bonds. The molecule has 0 aliphatic carbocycles. The highest BCUT2D eigenvalue weighted by Gasteiger charge is 2.17. The van der Waals surface area contributed by atoms with Gasteiger partial charge >= 0.3 is 5.69 Å². The first-order valence-corrected chi connectivity index (χ1v) is 6.69. The van der Waals surface area contributed by atoms with E-state index in [-0.39, 0.29) is 5.69 Å². The molecular formula is C16H18N2O3. The molecule has 0 aliphatic rings. The van der Waals surface area contributed by atoms with Gasteiger partial charge in [0, 0.05) is 12.6 Å². The van der Waals surface area contributed by atoms with Crippen LogP contribution in [0.15, 0.2) is 36.4 Å². The minimum Gasteiger partial charge on any atom is -0.450 e. The molecule has 0 heterocycles. The van der Waals surface area contributed by atoms with Gasteiger partial charge in [-0.3, -0.25) is 10.1 Å². The van der Waals surface area contributed by atoms with Crippen LogP contribution in [0.1, 0.15) is 16.7 Å². The molecule has 0 saturated heterocycles. The SMILES string of the molecule is CNCc1ccc(Oc2c(C)cccc2[N+](=O)[O-])cc1C. The minimum absolute atomic E-state index is 0.0213. The highest BCUT2D eigenvalue weighted by atomic mass is 16.6. The summed E-state index contributed by atoms with van der Waals surface area (Å²) < 4.78 is 5.75. The number of para-hydroxylation sites is 1. The van der Waals surface area contributed by atoms with E-state index in [1.54, 1.807) is 19.1 Å². The van der Waals surface area contributed by atoms with Crippen molar-refractivity contribution in [3.63, 3.8) is 0 Å². The van der Waals surface area contributed by atoms with Gasteiger partial charge in [0.15, 0.2) is 0 Å². The number of nitrogens with one attached hydrogen (secondary N) is 1. The number of benzene rings is 2. The normalized spacial score (nSPS) is 10.4. The lowest BCUT2D eigenvalue weighted by Gasteiger charge is -2.11. The summed E-state index contributed by atoms with van der Waals surface area (Å²) in [5.74, 6) is 0.896. The predicted molar refractivity (Wildman–Crippen MR) is 81.9 cm³/mol. The zero-order valence-electron chi connectivity index (χ0n) is 12.3. The van der Waals surface area contributed by atoms with Crippen LogP contribution in [0.2, 0.25) is 0 Å². The topological polar surface area (TPSA) is 64.4 Å². The Morgan fingerprint density at radius 2 is 1.95 bits per heavy atom. The molecule has 0 unspecified atom stereocenters. The number of ether oxygens (including phenoxy) is 1. The fraction of sp³-hybridized carbons (Fsp3) is 0.250. The van der Waals surface area contributed by atoms with Crippen molar-refractivity contribution in [3.8, 4) is 11.5 Å². The maximum Gasteiger partial charge on any atom is 0.311 e. The molecule has 0 radical (unpaired) electrons. The van der Waals surface area contributed by atoms with Crippen molar-refractivity contribution < 1.29 is 9.66 Å². The quantitative estimate of drug-likeness (QED) is 0.672. The zero-order valence-corrected chi connectivity index (χ0v) is 12.3. The second-order valence-electron chi connectivity index (χ2n) is 4.90. The number of rotatable bonds is 5. The average molecular weight is 286 g/mol. The highest BCUT2D eigenvalue weighted by Crippen LogP contribution is 2.34. The summed E-state index contributed by atoms with van der Waals surface area (Å²) in [5.41, 5.74) is 2.97. The second kappa shape index (κ2) is 6.37. The van der Waals surface area contributed by atoms with E-state index in [1.807, 2.05) is 32.2 Å². The Kier molecular flexibility index (Phi) is 4.55. The second-order valence-corrected chi connectivity index (χ2v) is 4.90. The summed E-state index contributed by atoms with van der Waals surface area (Å²) in [6.07, 6.45) is 0. The number of nitrogens with zero attached hydrogens (tertiary/aromatic N) is 1. The third kappa shape index (κ3) is 3.38. The first kappa shape index (κ1) is 15.0. The van der Waals surface area contributed by atoms with Gasteiger partial charge in [-0.2, -0.15) is 0 Å². The number of hydrogen-bond acceptors (Lipinski definition) is 4. The summed E-state index contributed by atoms with van der Waals surface area (Å²) in [6.45, 7) is 4.56. The van der Waals surface area contributed by atoms with Gasteiger partial charge < -0.3 is 10.1 Å². The van der Waals surface area contributed by atoms with Crippen LogP contribution in [0.4, 0.5) is 5.69 Å². The van der Waals surface area contributed by atoms with E-state index in [4.69, 9.17) is 4.74 Å². The van der Waals surface area contributed by atoms with Gasteiger partial charge in [-0.05, 0) is 49.7 Å². The molecule has 0 atom stereocenters. The summed E-state index contributed by atoms with van der Waals surface area (Å²) in [7, 11) is 1.89. The van der Waals surface area contributed by atoms with E-state index in [9.17, 15) is 10.1 Å². The third-order valence-electron chi connectivity index (χ3n) is 3.29. The molecule has 0 bridgehead atoms. The van der Waals surface area contributed by atoms with Gasteiger partial charge in [0.1, 0.15) is 5.75 Å². The van der Waals surface area contributed by atoms with Gasteiger partial charge in [0.2, 0.25) is 5.75 Å². The molecule has 21 heavy (non-hydrogen) atoms. The zero-order chi connectivity index (χ0) is 15.4. The smallest absolute Gasteiger partial charge is 0.311 e. The van der Waals surface area contributed by atoms with E-state index in [2.05, 4.69) is 5.32 Å². The van der Waals surface area contributed by atoms with E-state index >= 15 is 0 Å². The van der Waals surface area contributed by atoms with Crippen LogP contribution in [0.25, 0.3) is 0 Å². The molecule has 2 aromatic rings. The van der Waals surface area contributed by atoms with Crippen LogP contribution >= 0.6 is 0 Å². The first-order chi connectivity index (χ1) is 10.0. The molecule has 0 saturated carbocycles. The van der Waals surface area contributed by atoms with E-state index in [0.717, 1.165) is 17.7 Å². The molecule has 1 N–H and O–H groups in total. The number of aryl methyl sites for hydroxylation is 2. The molecule has 0 aliphatic heterocycles. The van der Waals surface area contributed by atoms with Gasteiger partial charge in [-0.15, -0.1) is 0 Å². The Bertz CT molecular complexity index is 669. The van der Waals surface area contributed by atoms with Crippen molar-refractivity contribution >= 4 is 5.69 Å². The molecule has 5 heteroatoms. The van der Waals surface area contributed by atoms with Crippen molar-refractivity contribution in [1.29, 1.82) is 0 Å². The van der Waals surface area contributed by atoms with Crippen LogP contribution in [0.5, 0.6) is 11.5 Å². The minimum atomic E-state index is -0.426. The van der Waals surface area contributed by atoms with Crippen LogP contribution in [0, 0.1) is 24.0 Å². The monoisotopic (exact) mass is 286 g/mol. The molecule has 0 fully saturated rings. The Balaban J connectivity index is 2.34. The molecule has 110 valence electrons.